The van der Waals surface area contributed by atoms with Crippen LogP contribution in [0, 0.1) is 5.92 Å². The number of H-pyrrole nitrogens is 1. The molecule has 0 atom stereocenters. The van der Waals surface area contributed by atoms with E-state index in [1.165, 1.54) is 6.07 Å². The lowest BCUT2D eigenvalue weighted by molar-refractivity contribution is 0.0580. The number of aromatic nitrogens is 2. The predicted molar refractivity (Wildman–Crippen MR) is 74.2 cm³/mol. The van der Waals surface area contributed by atoms with Crippen LogP contribution in [0.25, 0.3) is 0 Å². The van der Waals surface area contributed by atoms with Crippen molar-refractivity contribution in [1.82, 2.24) is 14.9 Å². The minimum atomic E-state index is -0.249. The summed E-state index contributed by atoms with van der Waals surface area (Å²) < 4.78 is 0. The van der Waals surface area contributed by atoms with Crippen molar-refractivity contribution in [3.63, 3.8) is 0 Å². The molecule has 1 aliphatic carbocycles. The van der Waals surface area contributed by atoms with Crippen LogP contribution in [-0.2, 0) is 4.84 Å². The molecule has 2 aliphatic heterocycles. The van der Waals surface area contributed by atoms with Gasteiger partial charge in [-0.05, 0) is 12.8 Å². The number of oxime groups is 1. The van der Waals surface area contributed by atoms with Crippen molar-refractivity contribution in [2.75, 3.05) is 19.7 Å². The Morgan fingerprint density at radius 2 is 2.14 bits per heavy atom. The van der Waals surface area contributed by atoms with Gasteiger partial charge in [0.25, 0.3) is 11.5 Å². The molecule has 1 aromatic rings. The van der Waals surface area contributed by atoms with E-state index in [0.717, 1.165) is 25.0 Å². The summed E-state index contributed by atoms with van der Waals surface area (Å²) in [5.41, 5.74) is 1.04. The second kappa shape index (κ2) is 4.68. The summed E-state index contributed by atoms with van der Waals surface area (Å²) in [6.07, 6.45) is 2.92. The van der Waals surface area contributed by atoms with Crippen molar-refractivity contribution in [1.29, 1.82) is 0 Å². The van der Waals surface area contributed by atoms with E-state index < -0.39 is 0 Å². The molecular formula is C14H16N4O3. The van der Waals surface area contributed by atoms with Crippen LogP contribution >= 0.6 is 0 Å². The lowest BCUT2D eigenvalue weighted by atomic mass is 9.92. The summed E-state index contributed by atoms with van der Waals surface area (Å²) in [5, 5.41) is 3.99. The molecular weight excluding hydrogens is 272 g/mol. The third-order valence-corrected chi connectivity index (χ3v) is 4.21. The molecule has 4 rings (SSSR count). The van der Waals surface area contributed by atoms with Gasteiger partial charge in [0.05, 0.1) is 5.71 Å². The van der Waals surface area contributed by atoms with E-state index in [0.29, 0.717) is 37.4 Å². The van der Waals surface area contributed by atoms with Crippen LogP contribution in [0.2, 0.25) is 0 Å². The first kappa shape index (κ1) is 12.6. The minimum Gasteiger partial charge on any atom is -0.395 e. The fourth-order valence-electron chi connectivity index (χ4n) is 2.76. The Bertz CT molecular complexity index is 671. The molecule has 1 N–H and O–H groups in total. The summed E-state index contributed by atoms with van der Waals surface area (Å²) in [7, 11) is 0. The zero-order valence-corrected chi connectivity index (χ0v) is 11.5. The fourth-order valence-corrected chi connectivity index (χ4v) is 2.76. The van der Waals surface area contributed by atoms with Gasteiger partial charge in [-0.15, -0.1) is 0 Å². The normalized spacial score (nSPS) is 21.7. The van der Waals surface area contributed by atoms with Crippen LogP contribution in [0.5, 0.6) is 0 Å². The maximum atomic E-state index is 12.4. The molecule has 1 saturated carbocycles. The number of carbonyl (C=O) groups excluding carboxylic acids is 1. The number of nitrogens with zero attached hydrogens (tertiary/aromatic N) is 3. The summed E-state index contributed by atoms with van der Waals surface area (Å²) in [4.78, 5) is 37.8. The molecule has 1 saturated heterocycles. The molecule has 0 unspecified atom stereocenters. The summed E-state index contributed by atoms with van der Waals surface area (Å²) >= 11 is 0. The molecule has 3 aliphatic rings. The van der Waals surface area contributed by atoms with Crippen LogP contribution < -0.4 is 5.56 Å². The Balaban J connectivity index is 1.47. The highest BCUT2D eigenvalue weighted by atomic mass is 16.6. The molecule has 7 heteroatoms. The van der Waals surface area contributed by atoms with E-state index in [4.69, 9.17) is 4.84 Å². The van der Waals surface area contributed by atoms with Gasteiger partial charge < -0.3 is 14.7 Å². The maximum absolute atomic E-state index is 12.4. The van der Waals surface area contributed by atoms with Gasteiger partial charge in [0.15, 0.2) is 0 Å². The van der Waals surface area contributed by atoms with Crippen molar-refractivity contribution in [3.05, 3.63) is 27.9 Å². The largest absolute Gasteiger partial charge is 0.395 e. The molecule has 1 amide bonds. The predicted octanol–water partition coefficient (Wildman–Crippen LogP) is 0.496. The number of nitrogens with one attached hydrogen (secondary N) is 1. The lowest BCUT2D eigenvalue weighted by Crippen LogP contribution is -2.53. The summed E-state index contributed by atoms with van der Waals surface area (Å²) in [5.74, 6) is 1.09. The summed E-state index contributed by atoms with van der Waals surface area (Å²) in [6, 6.07) is 1.29. The van der Waals surface area contributed by atoms with Crippen molar-refractivity contribution >= 4 is 11.6 Å². The molecule has 2 fully saturated rings. The highest BCUT2D eigenvalue weighted by Gasteiger charge is 2.37. The van der Waals surface area contributed by atoms with Crippen LogP contribution in [0.1, 0.15) is 41.5 Å². The average Bonchev–Trinajstić information content (AvgIpc) is 3.14. The van der Waals surface area contributed by atoms with Crippen LogP contribution in [0.3, 0.4) is 0 Å². The number of aromatic amines is 1. The standard InChI is InChI=1S/C14H16N4O3/c19-12-5-11(15-13(16-12)8-1-2-8)14(20)18-6-9(7-18)10-3-4-21-17-10/h5,8-9H,1-4,6-7H2,(H,15,16,19). The van der Waals surface area contributed by atoms with Gasteiger partial charge in [0.2, 0.25) is 0 Å². The molecule has 21 heavy (non-hydrogen) atoms. The third kappa shape index (κ3) is 2.32. The zero-order valence-electron chi connectivity index (χ0n) is 11.5. The Morgan fingerprint density at radius 3 is 2.81 bits per heavy atom. The summed E-state index contributed by atoms with van der Waals surface area (Å²) in [6.45, 7) is 1.91. The Kier molecular flexibility index (Phi) is 2.80. The van der Waals surface area contributed by atoms with Gasteiger partial charge in [-0.1, -0.05) is 5.16 Å². The first-order chi connectivity index (χ1) is 10.2. The van der Waals surface area contributed by atoms with Gasteiger partial charge >= 0.3 is 0 Å². The van der Waals surface area contributed by atoms with E-state index in [2.05, 4.69) is 15.1 Å². The number of amides is 1. The van der Waals surface area contributed by atoms with Crippen LogP contribution in [-0.4, -0.2) is 46.2 Å². The molecule has 3 heterocycles. The second-order valence-corrected chi connectivity index (χ2v) is 5.86. The molecule has 7 nitrogen and oxygen atoms in total. The van der Waals surface area contributed by atoms with Crippen molar-refractivity contribution < 1.29 is 9.63 Å². The maximum Gasteiger partial charge on any atom is 0.272 e. The van der Waals surface area contributed by atoms with Gasteiger partial charge in [0.1, 0.15) is 18.1 Å². The SMILES string of the molecule is O=C(c1cc(=O)[nH]c(C2CC2)n1)N1CC(C2=NOCC2)C1. The highest BCUT2D eigenvalue weighted by molar-refractivity contribution is 5.95. The Morgan fingerprint density at radius 1 is 1.33 bits per heavy atom. The second-order valence-electron chi connectivity index (χ2n) is 5.86. The van der Waals surface area contributed by atoms with Crippen molar-refractivity contribution in [2.24, 2.45) is 11.1 Å². The van der Waals surface area contributed by atoms with Crippen molar-refractivity contribution in [2.45, 2.75) is 25.2 Å². The monoisotopic (exact) mass is 288 g/mol. The Labute approximate surface area is 121 Å². The molecule has 110 valence electrons. The quantitative estimate of drug-likeness (QED) is 0.877. The number of likely N-dealkylation sites (tertiary alicyclic amines) is 1. The third-order valence-electron chi connectivity index (χ3n) is 4.21. The zero-order chi connectivity index (χ0) is 14.4. The van der Waals surface area contributed by atoms with Crippen LogP contribution in [0.4, 0.5) is 0 Å². The first-order valence-corrected chi connectivity index (χ1v) is 7.30. The van der Waals surface area contributed by atoms with Crippen LogP contribution in [0.15, 0.2) is 16.0 Å². The number of hydrogen-bond donors (Lipinski definition) is 1. The van der Waals surface area contributed by atoms with Gasteiger partial charge in [-0.25, -0.2) is 4.98 Å². The lowest BCUT2D eigenvalue weighted by Gasteiger charge is -2.38. The van der Waals surface area contributed by atoms with E-state index in [1.54, 1.807) is 4.90 Å². The minimum absolute atomic E-state index is 0.168. The number of carbonyl (C=O) groups is 1. The molecule has 0 bridgehead atoms. The first-order valence-electron chi connectivity index (χ1n) is 7.30. The molecule has 0 aromatic carbocycles. The van der Waals surface area contributed by atoms with E-state index in [9.17, 15) is 9.59 Å². The Hall–Kier alpha value is -2.18. The topological polar surface area (TPSA) is 87.7 Å². The smallest absolute Gasteiger partial charge is 0.272 e. The number of rotatable bonds is 3. The van der Waals surface area contributed by atoms with Gasteiger partial charge in [0, 0.05) is 37.4 Å². The van der Waals surface area contributed by atoms with E-state index >= 15 is 0 Å². The van der Waals surface area contributed by atoms with Gasteiger partial charge in [-0.2, -0.15) is 0 Å². The van der Waals surface area contributed by atoms with E-state index in [1.807, 2.05) is 0 Å². The van der Waals surface area contributed by atoms with Gasteiger partial charge in [-0.3, -0.25) is 9.59 Å². The molecule has 0 spiro atoms. The number of hydrogen-bond acceptors (Lipinski definition) is 5. The molecule has 1 aromatic heterocycles. The average molecular weight is 288 g/mol. The molecule has 0 radical (unpaired) electrons. The van der Waals surface area contributed by atoms with Crippen molar-refractivity contribution in [3.8, 4) is 0 Å². The van der Waals surface area contributed by atoms with E-state index in [-0.39, 0.29) is 17.2 Å². The fraction of sp³-hybridized carbons (Fsp3) is 0.571. The highest BCUT2D eigenvalue weighted by Crippen LogP contribution is 2.37.